The zero-order valence-electron chi connectivity index (χ0n) is 17.0. The first-order valence-electron chi connectivity index (χ1n) is 9.86. The molecule has 1 aromatic heterocycles. The lowest BCUT2D eigenvalue weighted by atomic mass is 10.4. The fourth-order valence-electron chi connectivity index (χ4n) is 2.46. The molecule has 0 amide bonds. The SMILES string of the molecule is CCCCOCCOCCNC(=NCCCn1nc(C)cc1C)NCC. The summed E-state index contributed by atoms with van der Waals surface area (Å²) in [5.74, 6) is 0.837. The minimum Gasteiger partial charge on any atom is -0.379 e. The standard InChI is InChI=1S/C19H37N5O2/c1-5-7-12-25-14-15-26-13-10-22-19(20-6-2)21-9-8-11-24-18(4)16-17(3)23-24/h16H,5-15H2,1-4H3,(H2,20,21,22). The van der Waals surface area contributed by atoms with Crippen LogP contribution in [0.4, 0.5) is 0 Å². The summed E-state index contributed by atoms with van der Waals surface area (Å²) in [4.78, 5) is 4.61. The summed E-state index contributed by atoms with van der Waals surface area (Å²) in [6.45, 7) is 14.4. The van der Waals surface area contributed by atoms with Gasteiger partial charge >= 0.3 is 0 Å². The van der Waals surface area contributed by atoms with Crippen LogP contribution in [-0.4, -0.2) is 61.8 Å². The van der Waals surface area contributed by atoms with Gasteiger partial charge in [-0.2, -0.15) is 5.10 Å². The van der Waals surface area contributed by atoms with Crippen molar-refractivity contribution < 1.29 is 9.47 Å². The second-order valence-corrected chi connectivity index (χ2v) is 6.27. The van der Waals surface area contributed by atoms with Gasteiger partial charge in [-0.3, -0.25) is 9.67 Å². The Kier molecular flexibility index (Phi) is 12.6. The smallest absolute Gasteiger partial charge is 0.191 e. The summed E-state index contributed by atoms with van der Waals surface area (Å²) in [7, 11) is 0. The lowest BCUT2D eigenvalue weighted by molar-refractivity contribution is 0.0487. The fraction of sp³-hybridized carbons (Fsp3) is 0.789. The number of aromatic nitrogens is 2. The van der Waals surface area contributed by atoms with Gasteiger partial charge in [0.2, 0.25) is 0 Å². The second-order valence-electron chi connectivity index (χ2n) is 6.27. The van der Waals surface area contributed by atoms with Gasteiger partial charge in [0, 0.05) is 38.5 Å². The van der Waals surface area contributed by atoms with Gasteiger partial charge in [0.15, 0.2) is 5.96 Å². The molecule has 0 spiro atoms. The van der Waals surface area contributed by atoms with Gasteiger partial charge < -0.3 is 20.1 Å². The van der Waals surface area contributed by atoms with Crippen LogP contribution in [0.25, 0.3) is 0 Å². The Hall–Kier alpha value is -1.60. The van der Waals surface area contributed by atoms with Crippen LogP contribution in [0.5, 0.6) is 0 Å². The van der Waals surface area contributed by atoms with E-state index in [0.717, 1.165) is 57.3 Å². The van der Waals surface area contributed by atoms with E-state index in [9.17, 15) is 0 Å². The van der Waals surface area contributed by atoms with E-state index in [4.69, 9.17) is 9.47 Å². The van der Waals surface area contributed by atoms with Crippen molar-refractivity contribution in [1.29, 1.82) is 0 Å². The predicted molar refractivity (Wildman–Crippen MR) is 107 cm³/mol. The predicted octanol–water partition coefficient (Wildman–Crippen LogP) is 2.28. The van der Waals surface area contributed by atoms with Crippen LogP contribution in [0.2, 0.25) is 0 Å². The molecule has 0 aromatic carbocycles. The summed E-state index contributed by atoms with van der Waals surface area (Å²) >= 11 is 0. The maximum absolute atomic E-state index is 5.56. The van der Waals surface area contributed by atoms with Crippen molar-refractivity contribution in [1.82, 2.24) is 20.4 Å². The number of aliphatic imine (C=N–C) groups is 1. The van der Waals surface area contributed by atoms with Crippen molar-refractivity contribution >= 4 is 5.96 Å². The third-order valence-corrected chi connectivity index (χ3v) is 3.80. The molecule has 1 heterocycles. The minimum atomic E-state index is 0.641. The molecule has 1 aromatic rings. The Balaban J connectivity index is 2.13. The van der Waals surface area contributed by atoms with Crippen LogP contribution in [0.3, 0.4) is 0 Å². The molecule has 0 atom stereocenters. The third-order valence-electron chi connectivity index (χ3n) is 3.80. The Morgan fingerprint density at radius 1 is 1.08 bits per heavy atom. The number of ether oxygens (including phenoxy) is 2. The molecule has 0 fully saturated rings. The highest BCUT2D eigenvalue weighted by Crippen LogP contribution is 2.02. The number of nitrogens with zero attached hydrogens (tertiary/aromatic N) is 3. The lowest BCUT2D eigenvalue weighted by Crippen LogP contribution is -2.39. The number of aryl methyl sites for hydroxylation is 3. The average molecular weight is 368 g/mol. The highest BCUT2D eigenvalue weighted by Gasteiger charge is 2.01. The molecular formula is C19H37N5O2. The lowest BCUT2D eigenvalue weighted by Gasteiger charge is -2.12. The normalized spacial score (nSPS) is 11.8. The van der Waals surface area contributed by atoms with Crippen LogP contribution in [0, 0.1) is 13.8 Å². The summed E-state index contributed by atoms with van der Waals surface area (Å²) < 4.78 is 13.1. The topological polar surface area (TPSA) is 72.7 Å². The zero-order valence-corrected chi connectivity index (χ0v) is 17.0. The summed E-state index contributed by atoms with van der Waals surface area (Å²) in [5.41, 5.74) is 2.27. The highest BCUT2D eigenvalue weighted by atomic mass is 16.5. The number of guanidine groups is 1. The Morgan fingerprint density at radius 2 is 1.85 bits per heavy atom. The summed E-state index contributed by atoms with van der Waals surface area (Å²) in [6, 6.07) is 2.10. The average Bonchev–Trinajstić information content (AvgIpc) is 2.94. The van der Waals surface area contributed by atoms with Crippen molar-refractivity contribution in [3.8, 4) is 0 Å². The first kappa shape index (κ1) is 22.4. The summed E-state index contributed by atoms with van der Waals surface area (Å²) in [5, 5.41) is 11.0. The minimum absolute atomic E-state index is 0.641. The molecule has 0 unspecified atom stereocenters. The largest absolute Gasteiger partial charge is 0.379 e. The first-order valence-corrected chi connectivity index (χ1v) is 9.86. The Labute approximate surface area is 158 Å². The van der Waals surface area contributed by atoms with E-state index < -0.39 is 0 Å². The molecule has 7 nitrogen and oxygen atoms in total. The van der Waals surface area contributed by atoms with E-state index in [1.807, 2.05) is 11.6 Å². The van der Waals surface area contributed by atoms with E-state index >= 15 is 0 Å². The van der Waals surface area contributed by atoms with E-state index in [2.05, 4.69) is 47.6 Å². The van der Waals surface area contributed by atoms with Crippen molar-refractivity contribution in [2.75, 3.05) is 46.1 Å². The van der Waals surface area contributed by atoms with Crippen LogP contribution < -0.4 is 10.6 Å². The molecule has 0 bridgehead atoms. The molecule has 0 saturated heterocycles. The first-order chi connectivity index (χ1) is 12.7. The maximum atomic E-state index is 5.56. The van der Waals surface area contributed by atoms with E-state index in [1.165, 1.54) is 12.1 Å². The Morgan fingerprint density at radius 3 is 2.50 bits per heavy atom. The molecule has 7 heteroatoms. The third kappa shape index (κ3) is 10.4. The Bertz CT molecular complexity index is 502. The quantitative estimate of drug-likeness (QED) is 0.300. The number of hydrogen-bond acceptors (Lipinski definition) is 4. The fourth-order valence-corrected chi connectivity index (χ4v) is 2.46. The van der Waals surface area contributed by atoms with Crippen LogP contribution in [0.15, 0.2) is 11.1 Å². The van der Waals surface area contributed by atoms with Gasteiger partial charge in [-0.25, -0.2) is 0 Å². The molecule has 0 radical (unpaired) electrons. The van der Waals surface area contributed by atoms with Crippen LogP contribution in [0.1, 0.15) is 44.5 Å². The maximum Gasteiger partial charge on any atom is 0.191 e. The molecule has 0 aliphatic heterocycles. The van der Waals surface area contributed by atoms with Gasteiger partial charge in [0.05, 0.1) is 25.5 Å². The van der Waals surface area contributed by atoms with Crippen LogP contribution in [-0.2, 0) is 16.0 Å². The van der Waals surface area contributed by atoms with Crippen molar-refractivity contribution in [3.05, 3.63) is 17.5 Å². The molecule has 0 aliphatic rings. The van der Waals surface area contributed by atoms with Gasteiger partial charge in [0.1, 0.15) is 0 Å². The number of unbranched alkanes of at least 4 members (excludes halogenated alkanes) is 1. The summed E-state index contributed by atoms with van der Waals surface area (Å²) in [6.07, 6.45) is 3.24. The molecule has 150 valence electrons. The van der Waals surface area contributed by atoms with Crippen molar-refractivity contribution in [2.24, 2.45) is 4.99 Å². The van der Waals surface area contributed by atoms with Gasteiger partial charge in [-0.15, -0.1) is 0 Å². The van der Waals surface area contributed by atoms with E-state index in [1.54, 1.807) is 0 Å². The zero-order chi connectivity index (χ0) is 19.0. The van der Waals surface area contributed by atoms with Crippen LogP contribution >= 0.6 is 0 Å². The van der Waals surface area contributed by atoms with Gasteiger partial charge in [0.25, 0.3) is 0 Å². The molecular weight excluding hydrogens is 330 g/mol. The van der Waals surface area contributed by atoms with Crippen molar-refractivity contribution in [3.63, 3.8) is 0 Å². The number of hydrogen-bond donors (Lipinski definition) is 2. The molecule has 2 N–H and O–H groups in total. The monoisotopic (exact) mass is 367 g/mol. The second kappa shape index (κ2) is 14.6. The van der Waals surface area contributed by atoms with E-state index in [-0.39, 0.29) is 0 Å². The number of nitrogens with one attached hydrogen (secondary N) is 2. The van der Waals surface area contributed by atoms with Crippen molar-refractivity contribution in [2.45, 2.75) is 53.5 Å². The molecule has 0 aliphatic carbocycles. The van der Waals surface area contributed by atoms with Gasteiger partial charge in [-0.05, 0) is 39.7 Å². The van der Waals surface area contributed by atoms with E-state index in [0.29, 0.717) is 19.8 Å². The molecule has 1 rings (SSSR count). The molecule has 26 heavy (non-hydrogen) atoms. The molecule has 0 saturated carbocycles. The highest BCUT2D eigenvalue weighted by molar-refractivity contribution is 5.79. The number of rotatable bonds is 14. The van der Waals surface area contributed by atoms with Gasteiger partial charge in [-0.1, -0.05) is 13.3 Å².